The van der Waals surface area contributed by atoms with Crippen molar-refractivity contribution in [3.05, 3.63) is 0 Å². The zero-order valence-corrected chi connectivity index (χ0v) is 11.1. The van der Waals surface area contributed by atoms with Gasteiger partial charge in [-0.3, -0.25) is 24.5 Å². The van der Waals surface area contributed by atoms with E-state index in [4.69, 9.17) is 5.11 Å². The van der Waals surface area contributed by atoms with Crippen molar-refractivity contribution >= 4 is 23.7 Å². The Morgan fingerprint density at radius 2 is 1.75 bits per heavy atom. The summed E-state index contributed by atoms with van der Waals surface area (Å²) in [5.41, 5.74) is 0. The largest absolute Gasteiger partial charge is 0.481 e. The van der Waals surface area contributed by atoms with Crippen molar-refractivity contribution in [3.63, 3.8) is 0 Å². The number of hydrogen-bond acceptors (Lipinski definition) is 4. The van der Waals surface area contributed by atoms with E-state index in [-0.39, 0.29) is 18.7 Å². The van der Waals surface area contributed by atoms with E-state index in [9.17, 15) is 19.2 Å². The van der Waals surface area contributed by atoms with E-state index in [0.717, 1.165) is 12.8 Å². The number of piperidine rings is 1. The Morgan fingerprint density at radius 1 is 1.10 bits per heavy atom. The fourth-order valence-corrected chi connectivity index (χ4v) is 2.85. The molecule has 0 aromatic carbocycles. The number of hydrogen-bond donors (Lipinski definition) is 3. The molecule has 110 valence electrons. The van der Waals surface area contributed by atoms with Crippen molar-refractivity contribution in [1.29, 1.82) is 0 Å². The third kappa shape index (κ3) is 3.15. The molecule has 0 spiro atoms. The molecule has 3 N–H and O–H groups in total. The van der Waals surface area contributed by atoms with E-state index in [1.54, 1.807) is 0 Å². The molecule has 1 heterocycles. The van der Waals surface area contributed by atoms with Gasteiger partial charge in [-0.05, 0) is 19.3 Å². The number of aliphatic carboxylic acids is 1. The second kappa shape index (κ2) is 6.02. The van der Waals surface area contributed by atoms with Crippen LogP contribution in [0.15, 0.2) is 0 Å². The smallest absolute Gasteiger partial charge is 0.307 e. The molecule has 1 unspecified atom stereocenters. The average molecular weight is 282 g/mol. The Morgan fingerprint density at radius 3 is 2.35 bits per heavy atom. The lowest BCUT2D eigenvalue weighted by molar-refractivity contribution is -0.149. The van der Waals surface area contributed by atoms with Crippen molar-refractivity contribution in [2.45, 2.75) is 44.6 Å². The number of carbonyl (C=O) groups excluding carboxylic acids is 3. The lowest BCUT2D eigenvalue weighted by Crippen LogP contribution is -2.54. The van der Waals surface area contributed by atoms with Crippen LogP contribution in [0.3, 0.4) is 0 Å². The first-order chi connectivity index (χ1) is 9.49. The van der Waals surface area contributed by atoms with Crippen LogP contribution in [0.1, 0.15) is 38.5 Å². The molecule has 2 rings (SSSR count). The van der Waals surface area contributed by atoms with E-state index in [2.05, 4.69) is 10.6 Å². The standard InChI is InChI=1S/C13H18N2O5/c16-10-6-5-9(12(18)15-10)14-11(17)7-3-1-2-4-8(7)13(19)20/h7-9H,1-6H2,(H,14,17)(H,19,20)(H,15,16,18)/t7-,8+,9?/m1/s1. The molecule has 20 heavy (non-hydrogen) atoms. The van der Waals surface area contributed by atoms with Gasteiger partial charge in [0, 0.05) is 6.42 Å². The van der Waals surface area contributed by atoms with Gasteiger partial charge in [0.05, 0.1) is 11.8 Å². The van der Waals surface area contributed by atoms with Gasteiger partial charge in [0.2, 0.25) is 17.7 Å². The van der Waals surface area contributed by atoms with Gasteiger partial charge in [-0.15, -0.1) is 0 Å². The van der Waals surface area contributed by atoms with E-state index in [1.165, 1.54) is 0 Å². The molecular formula is C13H18N2O5. The highest BCUT2D eigenvalue weighted by Crippen LogP contribution is 2.30. The Hall–Kier alpha value is -1.92. The molecule has 3 amide bonds. The monoisotopic (exact) mass is 282 g/mol. The Labute approximate surface area is 116 Å². The van der Waals surface area contributed by atoms with Gasteiger partial charge in [-0.1, -0.05) is 12.8 Å². The van der Waals surface area contributed by atoms with Crippen LogP contribution >= 0.6 is 0 Å². The zero-order valence-electron chi connectivity index (χ0n) is 11.1. The summed E-state index contributed by atoms with van der Waals surface area (Å²) in [4.78, 5) is 45.9. The highest BCUT2D eigenvalue weighted by atomic mass is 16.4. The second-order valence-corrected chi connectivity index (χ2v) is 5.35. The highest BCUT2D eigenvalue weighted by Gasteiger charge is 2.37. The van der Waals surface area contributed by atoms with Crippen LogP contribution < -0.4 is 10.6 Å². The topological polar surface area (TPSA) is 113 Å². The van der Waals surface area contributed by atoms with E-state index >= 15 is 0 Å². The lowest BCUT2D eigenvalue weighted by atomic mass is 9.78. The van der Waals surface area contributed by atoms with E-state index < -0.39 is 35.7 Å². The zero-order chi connectivity index (χ0) is 14.7. The van der Waals surface area contributed by atoms with Crippen LogP contribution in [0.4, 0.5) is 0 Å². The molecule has 1 saturated carbocycles. The second-order valence-electron chi connectivity index (χ2n) is 5.35. The van der Waals surface area contributed by atoms with Crippen molar-refractivity contribution in [2.75, 3.05) is 0 Å². The van der Waals surface area contributed by atoms with Crippen molar-refractivity contribution < 1.29 is 24.3 Å². The number of imide groups is 1. The minimum Gasteiger partial charge on any atom is -0.481 e. The Balaban J connectivity index is 1.98. The van der Waals surface area contributed by atoms with Gasteiger partial charge in [0.15, 0.2) is 0 Å². The number of carbonyl (C=O) groups is 4. The quantitative estimate of drug-likeness (QED) is 0.620. The molecule has 2 aliphatic rings. The molecule has 1 aliphatic heterocycles. The summed E-state index contributed by atoms with van der Waals surface area (Å²) < 4.78 is 0. The number of rotatable bonds is 3. The maximum Gasteiger partial charge on any atom is 0.307 e. The van der Waals surface area contributed by atoms with Crippen LogP contribution in [0.25, 0.3) is 0 Å². The first-order valence-corrected chi connectivity index (χ1v) is 6.86. The number of carboxylic acid groups (broad SMARTS) is 1. The van der Waals surface area contributed by atoms with Gasteiger partial charge in [0.1, 0.15) is 6.04 Å². The predicted molar refractivity (Wildman–Crippen MR) is 67.4 cm³/mol. The number of carboxylic acids is 1. The number of nitrogens with one attached hydrogen (secondary N) is 2. The first kappa shape index (κ1) is 14.5. The molecule has 7 nitrogen and oxygen atoms in total. The first-order valence-electron chi connectivity index (χ1n) is 6.86. The van der Waals surface area contributed by atoms with Crippen LogP contribution in [0, 0.1) is 11.8 Å². The predicted octanol–water partition coefficient (Wildman–Crippen LogP) is -0.201. The van der Waals surface area contributed by atoms with E-state index in [1.807, 2.05) is 0 Å². The summed E-state index contributed by atoms with van der Waals surface area (Å²) in [6.45, 7) is 0. The molecular weight excluding hydrogens is 264 g/mol. The summed E-state index contributed by atoms with van der Waals surface area (Å²) in [7, 11) is 0. The minimum atomic E-state index is -0.965. The molecule has 0 bridgehead atoms. The normalized spacial score (nSPS) is 30.5. The molecule has 1 aliphatic carbocycles. The maximum absolute atomic E-state index is 12.2. The SMILES string of the molecule is O=C1CCC(NC(=O)[C@@H]2CCCC[C@@H]2C(=O)O)C(=O)N1. The fourth-order valence-electron chi connectivity index (χ4n) is 2.85. The molecule has 3 atom stereocenters. The molecule has 1 saturated heterocycles. The molecule has 7 heteroatoms. The van der Waals surface area contributed by atoms with Gasteiger partial charge < -0.3 is 10.4 Å². The van der Waals surface area contributed by atoms with Gasteiger partial charge in [0.25, 0.3) is 0 Å². The van der Waals surface area contributed by atoms with Crippen molar-refractivity contribution in [2.24, 2.45) is 11.8 Å². The molecule has 0 aromatic rings. The minimum absolute atomic E-state index is 0.184. The van der Waals surface area contributed by atoms with E-state index in [0.29, 0.717) is 12.8 Å². The third-order valence-electron chi connectivity index (χ3n) is 3.98. The summed E-state index contributed by atoms with van der Waals surface area (Å²) in [6, 6.07) is -0.739. The summed E-state index contributed by atoms with van der Waals surface area (Å²) in [6.07, 6.45) is 3.08. The average Bonchev–Trinajstić information content (AvgIpc) is 2.41. The summed E-state index contributed by atoms with van der Waals surface area (Å²) in [5, 5.41) is 13.9. The number of amides is 3. The van der Waals surface area contributed by atoms with Crippen LogP contribution in [-0.2, 0) is 19.2 Å². The molecule has 0 radical (unpaired) electrons. The fraction of sp³-hybridized carbons (Fsp3) is 0.692. The summed E-state index contributed by atoms with van der Waals surface area (Å²) >= 11 is 0. The Kier molecular flexibility index (Phi) is 4.36. The summed E-state index contributed by atoms with van der Waals surface area (Å²) in [5.74, 6) is -3.50. The Bertz CT molecular complexity index is 448. The van der Waals surface area contributed by atoms with Gasteiger partial charge in [-0.25, -0.2) is 0 Å². The maximum atomic E-state index is 12.2. The third-order valence-corrected chi connectivity index (χ3v) is 3.98. The van der Waals surface area contributed by atoms with Crippen LogP contribution in [0.2, 0.25) is 0 Å². The van der Waals surface area contributed by atoms with Crippen molar-refractivity contribution in [1.82, 2.24) is 10.6 Å². The van der Waals surface area contributed by atoms with Crippen LogP contribution in [0.5, 0.6) is 0 Å². The molecule has 0 aromatic heterocycles. The van der Waals surface area contributed by atoms with Crippen molar-refractivity contribution in [3.8, 4) is 0 Å². The lowest BCUT2D eigenvalue weighted by Gasteiger charge is -2.30. The van der Waals surface area contributed by atoms with Crippen LogP contribution in [-0.4, -0.2) is 34.8 Å². The van der Waals surface area contributed by atoms with Gasteiger partial charge >= 0.3 is 5.97 Å². The highest BCUT2D eigenvalue weighted by molar-refractivity contribution is 6.02. The molecule has 2 fully saturated rings. The van der Waals surface area contributed by atoms with Gasteiger partial charge in [-0.2, -0.15) is 0 Å².